The lowest BCUT2D eigenvalue weighted by Crippen LogP contribution is -2.33. The van der Waals surface area contributed by atoms with Crippen molar-refractivity contribution in [1.29, 1.82) is 0 Å². The van der Waals surface area contributed by atoms with E-state index in [1.807, 2.05) is 20.8 Å². The van der Waals surface area contributed by atoms with Gasteiger partial charge in [-0.05, 0) is 24.0 Å². The fraction of sp³-hybridized carbons (Fsp3) is 0.438. The standard InChI is InChI=1S/C16H19NO4/c1-4-11(10(2)3)9-14(18)21-17-15(19)12-7-5-6-8-13(12)16(17)20/h5-8,10-11H,4,9H2,1-3H3/t11-/m1/s1. The zero-order chi connectivity index (χ0) is 15.6. The number of fused-ring (bicyclic) bond motifs is 1. The molecule has 1 aromatic carbocycles. The second-order valence-corrected chi connectivity index (χ2v) is 5.53. The minimum absolute atomic E-state index is 0.174. The van der Waals surface area contributed by atoms with Crippen molar-refractivity contribution in [3.8, 4) is 0 Å². The normalized spacial score (nSPS) is 15.3. The molecule has 0 saturated heterocycles. The van der Waals surface area contributed by atoms with E-state index >= 15 is 0 Å². The number of rotatable bonds is 5. The van der Waals surface area contributed by atoms with Gasteiger partial charge in [0.1, 0.15) is 0 Å². The first kappa shape index (κ1) is 15.2. The molecule has 112 valence electrons. The quantitative estimate of drug-likeness (QED) is 0.782. The highest BCUT2D eigenvalue weighted by molar-refractivity contribution is 6.20. The van der Waals surface area contributed by atoms with Crippen LogP contribution in [0.3, 0.4) is 0 Å². The third-order valence-corrected chi connectivity index (χ3v) is 3.85. The van der Waals surface area contributed by atoms with Gasteiger partial charge < -0.3 is 4.84 Å². The Labute approximate surface area is 123 Å². The van der Waals surface area contributed by atoms with Crippen molar-refractivity contribution in [2.24, 2.45) is 11.8 Å². The van der Waals surface area contributed by atoms with E-state index in [1.54, 1.807) is 24.3 Å². The molecule has 0 aliphatic carbocycles. The fourth-order valence-corrected chi connectivity index (χ4v) is 2.45. The minimum atomic E-state index is -0.582. The molecular weight excluding hydrogens is 270 g/mol. The average molecular weight is 289 g/mol. The minimum Gasteiger partial charge on any atom is -0.330 e. The Bertz CT molecular complexity index is 544. The van der Waals surface area contributed by atoms with Gasteiger partial charge in [0, 0.05) is 0 Å². The van der Waals surface area contributed by atoms with E-state index in [-0.39, 0.29) is 23.5 Å². The van der Waals surface area contributed by atoms with Crippen LogP contribution in [0.2, 0.25) is 0 Å². The predicted octanol–water partition coefficient (Wildman–Crippen LogP) is 2.81. The summed E-state index contributed by atoms with van der Waals surface area (Å²) in [5.41, 5.74) is 0.539. The van der Waals surface area contributed by atoms with Gasteiger partial charge in [-0.25, -0.2) is 4.79 Å². The second-order valence-electron chi connectivity index (χ2n) is 5.53. The molecule has 5 heteroatoms. The molecule has 2 rings (SSSR count). The first-order chi connectivity index (χ1) is 9.95. The molecular formula is C16H19NO4. The maximum Gasteiger partial charge on any atom is 0.333 e. The number of carbonyl (C=O) groups excluding carboxylic acids is 3. The van der Waals surface area contributed by atoms with Gasteiger partial charge in [-0.1, -0.05) is 44.4 Å². The van der Waals surface area contributed by atoms with Gasteiger partial charge in [0.15, 0.2) is 0 Å². The number of benzene rings is 1. The molecule has 0 spiro atoms. The Hall–Kier alpha value is -2.17. The maximum atomic E-state index is 12.1. The summed E-state index contributed by atoms with van der Waals surface area (Å²) in [5, 5.41) is 0.569. The van der Waals surface area contributed by atoms with Gasteiger partial charge in [0.25, 0.3) is 11.8 Å². The lowest BCUT2D eigenvalue weighted by atomic mass is 9.90. The summed E-state index contributed by atoms with van der Waals surface area (Å²) in [6.07, 6.45) is 1.04. The van der Waals surface area contributed by atoms with Crippen molar-refractivity contribution >= 4 is 17.8 Å². The molecule has 1 aliphatic heterocycles. The molecule has 1 aliphatic rings. The molecule has 5 nitrogen and oxygen atoms in total. The lowest BCUT2D eigenvalue weighted by Gasteiger charge is -2.19. The Balaban J connectivity index is 2.07. The van der Waals surface area contributed by atoms with Crippen molar-refractivity contribution in [3.63, 3.8) is 0 Å². The number of carbonyl (C=O) groups is 3. The monoisotopic (exact) mass is 289 g/mol. The van der Waals surface area contributed by atoms with Gasteiger partial charge in [-0.15, -0.1) is 0 Å². The average Bonchev–Trinajstić information content (AvgIpc) is 2.70. The molecule has 0 saturated carbocycles. The molecule has 0 unspecified atom stereocenters. The Kier molecular flexibility index (Phi) is 4.40. The van der Waals surface area contributed by atoms with E-state index in [2.05, 4.69) is 0 Å². The SMILES string of the molecule is CC[C@H](CC(=O)ON1C(=O)c2ccccc2C1=O)C(C)C. The van der Waals surface area contributed by atoms with Gasteiger partial charge in [-0.2, -0.15) is 0 Å². The topological polar surface area (TPSA) is 63.7 Å². The van der Waals surface area contributed by atoms with E-state index in [1.165, 1.54) is 0 Å². The summed E-state index contributed by atoms with van der Waals surface area (Å²) < 4.78 is 0. The lowest BCUT2D eigenvalue weighted by molar-refractivity contribution is -0.170. The highest BCUT2D eigenvalue weighted by Crippen LogP contribution is 2.24. The molecule has 0 radical (unpaired) electrons. The summed E-state index contributed by atoms with van der Waals surface area (Å²) in [4.78, 5) is 41.1. The Morgan fingerprint density at radius 1 is 1.14 bits per heavy atom. The summed E-state index contributed by atoms with van der Waals surface area (Å²) in [6.45, 7) is 6.06. The maximum absolute atomic E-state index is 12.1. The third-order valence-electron chi connectivity index (χ3n) is 3.85. The Morgan fingerprint density at radius 2 is 1.67 bits per heavy atom. The summed E-state index contributed by atoms with van der Waals surface area (Å²) in [6, 6.07) is 6.43. The first-order valence-electron chi connectivity index (χ1n) is 7.14. The third kappa shape index (κ3) is 2.96. The van der Waals surface area contributed by atoms with Crippen LogP contribution in [0.25, 0.3) is 0 Å². The van der Waals surface area contributed by atoms with E-state index in [0.29, 0.717) is 11.0 Å². The zero-order valence-corrected chi connectivity index (χ0v) is 12.5. The Morgan fingerprint density at radius 3 is 2.10 bits per heavy atom. The summed E-state index contributed by atoms with van der Waals surface area (Å²) in [5.74, 6) is -1.20. The number of nitrogens with zero attached hydrogens (tertiary/aromatic N) is 1. The van der Waals surface area contributed by atoms with Gasteiger partial charge in [-0.3, -0.25) is 9.59 Å². The number of hydrogen-bond donors (Lipinski definition) is 0. The molecule has 0 bridgehead atoms. The van der Waals surface area contributed by atoms with Gasteiger partial charge in [0.05, 0.1) is 17.5 Å². The van der Waals surface area contributed by atoms with Gasteiger partial charge >= 0.3 is 5.97 Å². The fourth-order valence-electron chi connectivity index (χ4n) is 2.45. The number of imide groups is 1. The highest BCUT2D eigenvalue weighted by Gasteiger charge is 2.38. The largest absolute Gasteiger partial charge is 0.333 e. The van der Waals surface area contributed by atoms with Crippen LogP contribution < -0.4 is 0 Å². The predicted molar refractivity (Wildman–Crippen MR) is 76.3 cm³/mol. The van der Waals surface area contributed by atoms with Gasteiger partial charge in [0.2, 0.25) is 0 Å². The van der Waals surface area contributed by atoms with Crippen molar-refractivity contribution in [2.75, 3.05) is 0 Å². The molecule has 2 amide bonds. The first-order valence-corrected chi connectivity index (χ1v) is 7.14. The molecule has 0 fully saturated rings. The molecule has 21 heavy (non-hydrogen) atoms. The molecule has 1 atom stereocenters. The zero-order valence-electron chi connectivity index (χ0n) is 12.5. The van der Waals surface area contributed by atoms with Crippen LogP contribution in [0.15, 0.2) is 24.3 Å². The molecule has 1 aromatic rings. The van der Waals surface area contributed by atoms with E-state index in [9.17, 15) is 14.4 Å². The summed E-state index contributed by atoms with van der Waals surface area (Å²) >= 11 is 0. The van der Waals surface area contributed by atoms with Crippen molar-refractivity contribution in [3.05, 3.63) is 35.4 Å². The van der Waals surface area contributed by atoms with E-state index < -0.39 is 17.8 Å². The van der Waals surface area contributed by atoms with Crippen LogP contribution in [-0.4, -0.2) is 22.8 Å². The molecule has 1 heterocycles. The van der Waals surface area contributed by atoms with Crippen LogP contribution in [0.5, 0.6) is 0 Å². The molecule has 0 aromatic heterocycles. The number of hydrogen-bond acceptors (Lipinski definition) is 4. The van der Waals surface area contributed by atoms with Crippen LogP contribution in [0.1, 0.15) is 54.3 Å². The van der Waals surface area contributed by atoms with Crippen LogP contribution >= 0.6 is 0 Å². The molecule has 0 N–H and O–H groups in total. The summed E-state index contributed by atoms with van der Waals surface area (Å²) in [7, 11) is 0. The van der Waals surface area contributed by atoms with Crippen molar-refractivity contribution < 1.29 is 19.2 Å². The van der Waals surface area contributed by atoms with Crippen LogP contribution in [-0.2, 0) is 9.63 Å². The van der Waals surface area contributed by atoms with Crippen molar-refractivity contribution in [2.45, 2.75) is 33.6 Å². The van der Waals surface area contributed by atoms with Crippen LogP contribution in [0.4, 0.5) is 0 Å². The van der Waals surface area contributed by atoms with E-state index in [0.717, 1.165) is 6.42 Å². The number of hydroxylamine groups is 2. The smallest absolute Gasteiger partial charge is 0.330 e. The van der Waals surface area contributed by atoms with E-state index in [4.69, 9.17) is 4.84 Å². The second kappa shape index (κ2) is 6.08. The van der Waals surface area contributed by atoms with Crippen molar-refractivity contribution in [1.82, 2.24) is 5.06 Å². The van der Waals surface area contributed by atoms with Crippen LogP contribution in [0, 0.1) is 11.8 Å². The highest BCUT2D eigenvalue weighted by atomic mass is 16.7. The number of amides is 2.